The van der Waals surface area contributed by atoms with Crippen LogP contribution in [0.4, 0.5) is 0 Å². The summed E-state index contributed by atoms with van der Waals surface area (Å²) in [5.74, 6) is -1.34. The Morgan fingerprint density at radius 1 is 1.55 bits per heavy atom. The van der Waals surface area contributed by atoms with E-state index in [-0.39, 0.29) is 12.2 Å². The molecule has 0 aliphatic carbocycles. The van der Waals surface area contributed by atoms with Crippen molar-refractivity contribution in [1.82, 2.24) is 0 Å². The van der Waals surface area contributed by atoms with Crippen LogP contribution in [0.3, 0.4) is 0 Å². The highest BCUT2D eigenvalue weighted by molar-refractivity contribution is 8.13. The van der Waals surface area contributed by atoms with Crippen LogP contribution < -0.4 is 0 Å². The van der Waals surface area contributed by atoms with Gasteiger partial charge in [0.05, 0.1) is 5.75 Å². The molecule has 0 amide bonds. The fourth-order valence-corrected chi connectivity index (χ4v) is 1.08. The van der Waals surface area contributed by atoms with Gasteiger partial charge in [-0.3, -0.25) is 0 Å². The van der Waals surface area contributed by atoms with E-state index in [0.717, 1.165) is 6.08 Å². The van der Waals surface area contributed by atoms with Gasteiger partial charge in [-0.15, -0.1) is 0 Å². The molecule has 0 aromatic carbocycles. The third kappa shape index (κ3) is 9.45. The number of aliphatic carboxylic acids is 1. The van der Waals surface area contributed by atoms with Crippen LogP contribution in [0.25, 0.3) is 0 Å². The van der Waals surface area contributed by atoms with Gasteiger partial charge < -0.3 is 5.11 Å². The maximum absolute atomic E-state index is 10.3. The van der Waals surface area contributed by atoms with Gasteiger partial charge >= 0.3 is 5.97 Å². The number of carboxylic acid groups (broad SMARTS) is 1. The zero-order valence-electron chi connectivity index (χ0n) is 5.53. The van der Waals surface area contributed by atoms with Crippen LogP contribution in [0.15, 0.2) is 12.2 Å². The first-order valence-electron chi connectivity index (χ1n) is 2.73. The van der Waals surface area contributed by atoms with Crippen LogP contribution in [-0.4, -0.2) is 25.2 Å². The summed E-state index contributed by atoms with van der Waals surface area (Å²) in [6.45, 7) is 0. The number of rotatable bonds is 4. The molecule has 0 rings (SSSR count). The molecule has 0 atom stereocenters. The smallest absolute Gasteiger partial charge is 0.327 e. The zero-order chi connectivity index (χ0) is 8.91. The minimum Gasteiger partial charge on any atom is -0.478 e. The van der Waals surface area contributed by atoms with E-state index in [2.05, 4.69) is 0 Å². The van der Waals surface area contributed by atoms with E-state index in [1.54, 1.807) is 0 Å². The maximum atomic E-state index is 10.3. The average molecular weight is 199 g/mol. The summed E-state index contributed by atoms with van der Waals surface area (Å²) < 4.78 is 20.5. The highest BCUT2D eigenvalue weighted by atomic mass is 35.7. The van der Waals surface area contributed by atoms with Crippen molar-refractivity contribution in [3.63, 3.8) is 0 Å². The molecule has 0 saturated heterocycles. The topological polar surface area (TPSA) is 71.4 Å². The maximum Gasteiger partial charge on any atom is 0.327 e. The van der Waals surface area contributed by atoms with Gasteiger partial charge in [0.15, 0.2) is 0 Å². The second-order valence-corrected chi connectivity index (χ2v) is 4.67. The lowest BCUT2D eigenvalue weighted by Gasteiger charge is -1.87. The van der Waals surface area contributed by atoms with Gasteiger partial charge in [0.25, 0.3) is 0 Å². The number of carboxylic acids is 1. The summed E-state index contributed by atoms with van der Waals surface area (Å²) in [5, 5.41) is 8.07. The molecule has 0 aliphatic heterocycles. The van der Waals surface area contributed by atoms with Crippen molar-refractivity contribution in [1.29, 1.82) is 0 Å². The highest BCUT2D eigenvalue weighted by Crippen LogP contribution is 1.98. The molecule has 0 bridgehead atoms. The van der Waals surface area contributed by atoms with Crippen LogP contribution >= 0.6 is 10.7 Å². The molecule has 0 aliphatic rings. The number of halogens is 1. The molecule has 0 unspecified atom stereocenters. The van der Waals surface area contributed by atoms with E-state index in [1.165, 1.54) is 6.08 Å². The van der Waals surface area contributed by atoms with E-state index in [0.29, 0.717) is 0 Å². The molecule has 4 nitrogen and oxygen atoms in total. The fourth-order valence-electron chi connectivity index (χ4n) is 0.393. The third-order valence-electron chi connectivity index (χ3n) is 0.789. The molecule has 11 heavy (non-hydrogen) atoms. The predicted octanol–water partition coefficient (Wildman–Crippen LogP) is 0.586. The minimum absolute atomic E-state index is 0.123. The Balaban J connectivity index is 3.68. The van der Waals surface area contributed by atoms with Crippen LogP contribution in [0.5, 0.6) is 0 Å². The first-order chi connectivity index (χ1) is 4.92. The molecular formula is C5H7ClO4S. The van der Waals surface area contributed by atoms with Crippen molar-refractivity contribution < 1.29 is 18.3 Å². The van der Waals surface area contributed by atoms with Crippen molar-refractivity contribution in [2.75, 3.05) is 5.75 Å². The summed E-state index contributed by atoms with van der Waals surface area (Å²) >= 11 is 0. The van der Waals surface area contributed by atoms with Gasteiger partial charge in [-0.2, -0.15) is 0 Å². The molecular weight excluding hydrogens is 192 g/mol. The standard InChI is InChI=1S/C5H7ClO4S/c6-11(9,10)4-2-1-3-5(7)8/h1,3H,2,4H2,(H,7,8)/b3-1+. The molecule has 0 aromatic heterocycles. The Bertz CT molecular complexity index is 254. The first kappa shape index (κ1) is 10.4. The molecule has 0 spiro atoms. The predicted molar refractivity (Wildman–Crippen MR) is 41.0 cm³/mol. The van der Waals surface area contributed by atoms with Crippen molar-refractivity contribution >= 4 is 25.7 Å². The molecule has 0 saturated carbocycles. The molecule has 0 aromatic rings. The summed E-state index contributed by atoms with van der Waals surface area (Å²) in [6.07, 6.45) is 2.24. The Hall–Kier alpha value is -0.550. The zero-order valence-corrected chi connectivity index (χ0v) is 7.10. The van der Waals surface area contributed by atoms with Gasteiger partial charge in [0.1, 0.15) is 0 Å². The Kier molecular flexibility index (Phi) is 4.14. The van der Waals surface area contributed by atoms with Crippen LogP contribution in [0, 0.1) is 0 Å². The van der Waals surface area contributed by atoms with Gasteiger partial charge in [0, 0.05) is 16.8 Å². The molecule has 0 radical (unpaired) electrons. The summed E-state index contributed by atoms with van der Waals surface area (Å²) in [4.78, 5) is 9.85. The monoisotopic (exact) mass is 198 g/mol. The second kappa shape index (κ2) is 4.35. The second-order valence-electron chi connectivity index (χ2n) is 1.77. The van der Waals surface area contributed by atoms with E-state index < -0.39 is 15.0 Å². The van der Waals surface area contributed by atoms with E-state index in [4.69, 9.17) is 15.8 Å². The van der Waals surface area contributed by atoms with Gasteiger partial charge in [-0.25, -0.2) is 13.2 Å². The fraction of sp³-hybridized carbons (Fsp3) is 0.400. The number of hydrogen-bond donors (Lipinski definition) is 1. The van der Waals surface area contributed by atoms with Crippen LogP contribution in [0.2, 0.25) is 0 Å². The van der Waals surface area contributed by atoms with Gasteiger partial charge in [-0.05, 0) is 6.42 Å². The van der Waals surface area contributed by atoms with Gasteiger partial charge in [0.2, 0.25) is 9.05 Å². The van der Waals surface area contributed by atoms with Gasteiger partial charge in [-0.1, -0.05) is 6.08 Å². The molecule has 64 valence electrons. The van der Waals surface area contributed by atoms with Crippen molar-refractivity contribution in [2.45, 2.75) is 6.42 Å². The minimum atomic E-state index is -3.49. The molecule has 0 fully saturated rings. The average Bonchev–Trinajstić information content (AvgIpc) is 1.78. The van der Waals surface area contributed by atoms with Crippen molar-refractivity contribution in [3.05, 3.63) is 12.2 Å². The number of carbonyl (C=O) groups is 1. The lowest BCUT2D eigenvalue weighted by atomic mass is 10.4. The highest BCUT2D eigenvalue weighted by Gasteiger charge is 2.01. The molecule has 0 heterocycles. The number of hydrogen-bond acceptors (Lipinski definition) is 3. The lowest BCUT2D eigenvalue weighted by molar-refractivity contribution is -0.131. The van der Waals surface area contributed by atoms with Crippen molar-refractivity contribution in [2.24, 2.45) is 0 Å². The third-order valence-corrected chi connectivity index (χ3v) is 1.98. The Morgan fingerprint density at radius 2 is 2.09 bits per heavy atom. The van der Waals surface area contributed by atoms with E-state index in [9.17, 15) is 13.2 Å². The SMILES string of the molecule is O=C(O)/C=C/CCS(=O)(=O)Cl. The lowest BCUT2D eigenvalue weighted by Crippen LogP contribution is -1.95. The van der Waals surface area contributed by atoms with Crippen LogP contribution in [-0.2, 0) is 13.8 Å². The number of allylic oxidation sites excluding steroid dienone is 1. The summed E-state index contributed by atoms with van der Waals surface area (Å²) in [5.41, 5.74) is 0. The van der Waals surface area contributed by atoms with Crippen molar-refractivity contribution in [3.8, 4) is 0 Å². The molecule has 1 N–H and O–H groups in total. The van der Waals surface area contributed by atoms with E-state index >= 15 is 0 Å². The quantitative estimate of drug-likeness (QED) is 0.530. The van der Waals surface area contributed by atoms with Crippen LogP contribution in [0.1, 0.15) is 6.42 Å². The Labute approximate surface area is 68.9 Å². The van der Waals surface area contributed by atoms with E-state index in [1.807, 2.05) is 0 Å². The first-order valence-corrected chi connectivity index (χ1v) is 5.21. The summed E-state index contributed by atoms with van der Waals surface area (Å²) in [7, 11) is 1.35. The normalized spacial score (nSPS) is 12.1. The largest absolute Gasteiger partial charge is 0.478 e. The summed E-state index contributed by atoms with van der Waals surface area (Å²) in [6, 6.07) is 0. The Morgan fingerprint density at radius 3 is 2.45 bits per heavy atom. The molecule has 6 heteroatoms.